The van der Waals surface area contributed by atoms with Crippen LogP contribution in [0.1, 0.15) is 25.0 Å². The normalized spacial score (nSPS) is 16.0. The van der Waals surface area contributed by atoms with Gasteiger partial charge in [0.25, 0.3) is 0 Å². The summed E-state index contributed by atoms with van der Waals surface area (Å²) >= 11 is 0. The Labute approximate surface area is 238 Å². The predicted molar refractivity (Wildman–Crippen MR) is 157 cm³/mol. The molecule has 0 amide bonds. The number of pyridine rings is 1. The summed E-state index contributed by atoms with van der Waals surface area (Å²) in [5.74, 6) is 0.811. The molecule has 1 spiro atoms. The van der Waals surface area contributed by atoms with E-state index >= 15 is 0 Å². The van der Waals surface area contributed by atoms with Crippen LogP contribution >= 0.6 is 0 Å². The molecule has 5 rings (SSSR count). The van der Waals surface area contributed by atoms with Crippen molar-refractivity contribution in [3.05, 3.63) is 61.1 Å². The number of aromatic nitrogens is 3. The molecule has 218 valence electrons. The zero-order chi connectivity index (χ0) is 29.1. The molecule has 10 nitrogen and oxygen atoms in total. The lowest BCUT2D eigenvalue weighted by Crippen LogP contribution is -2.38. The first-order valence-electron chi connectivity index (χ1n) is 13.6. The highest BCUT2D eigenvalue weighted by Gasteiger charge is 2.48. The van der Waals surface area contributed by atoms with Crippen LogP contribution in [-0.4, -0.2) is 78.6 Å². The Bertz CT molecular complexity index is 1380. The molecule has 3 aromatic rings. The van der Waals surface area contributed by atoms with Crippen LogP contribution in [0.4, 0.5) is 43.3 Å². The van der Waals surface area contributed by atoms with Crippen molar-refractivity contribution >= 4 is 34.5 Å². The van der Waals surface area contributed by atoms with Crippen LogP contribution in [0.15, 0.2) is 55.4 Å². The quantitative estimate of drug-likeness (QED) is 0.211. The number of nitrogens with one attached hydrogen (secondary N) is 2. The Morgan fingerprint density at radius 3 is 2.63 bits per heavy atom. The first-order valence-corrected chi connectivity index (χ1v) is 13.6. The number of fused-ring (bicyclic) bond motifs is 2. The number of ether oxygens (including phenoxy) is 1. The van der Waals surface area contributed by atoms with Crippen LogP contribution in [0.5, 0.6) is 5.75 Å². The molecule has 1 fully saturated rings. The molecule has 1 atom stereocenters. The van der Waals surface area contributed by atoms with Gasteiger partial charge in [-0.25, -0.2) is 4.98 Å². The summed E-state index contributed by atoms with van der Waals surface area (Å²) in [5, 5.41) is 16.3. The lowest BCUT2D eigenvalue weighted by molar-refractivity contribution is -0.0493. The minimum Gasteiger partial charge on any atom is -0.433 e. The van der Waals surface area contributed by atoms with Crippen LogP contribution in [0.25, 0.3) is 0 Å². The molecule has 3 N–H and O–H groups in total. The van der Waals surface area contributed by atoms with Crippen molar-refractivity contribution in [3.63, 3.8) is 0 Å². The second kappa shape index (κ2) is 11.8. The Kier molecular flexibility index (Phi) is 8.22. The lowest BCUT2D eigenvalue weighted by Gasteiger charge is -2.38. The zero-order valence-electron chi connectivity index (χ0n) is 23.5. The van der Waals surface area contributed by atoms with Gasteiger partial charge in [0.2, 0.25) is 5.95 Å². The van der Waals surface area contributed by atoms with E-state index in [1.807, 2.05) is 55.3 Å². The third kappa shape index (κ3) is 6.03. The van der Waals surface area contributed by atoms with Crippen LogP contribution in [0.2, 0.25) is 0 Å². The van der Waals surface area contributed by atoms with Crippen molar-refractivity contribution in [1.82, 2.24) is 19.9 Å². The molecule has 41 heavy (non-hydrogen) atoms. The second-order valence-corrected chi connectivity index (χ2v) is 10.7. The van der Waals surface area contributed by atoms with Gasteiger partial charge in [-0.2, -0.15) is 13.8 Å². The molecular formula is C29H36F2N8O2. The molecular weight excluding hydrogens is 530 g/mol. The largest absolute Gasteiger partial charge is 0.433 e. The molecule has 0 saturated heterocycles. The number of halogens is 2. The summed E-state index contributed by atoms with van der Waals surface area (Å²) in [5.41, 5.74) is 3.42. The van der Waals surface area contributed by atoms with Crippen molar-refractivity contribution in [1.29, 1.82) is 0 Å². The van der Waals surface area contributed by atoms with Crippen molar-refractivity contribution < 1.29 is 18.6 Å². The summed E-state index contributed by atoms with van der Waals surface area (Å²) < 4.78 is 32.0. The van der Waals surface area contributed by atoms with E-state index in [4.69, 9.17) is 14.7 Å². The molecule has 2 aromatic heterocycles. The van der Waals surface area contributed by atoms with Gasteiger partial charge in [0, 0.05) is 50.6 Å². The van der Waals surface area contributed by atoms with E-state index in [1.54, 1.807) is 12.3 Å². The number of rotatable bonds is 12. The van der Waals surface area contributed by atoms with Crippen molar-refractivity contribution in [2.75, 3.05) is 61.2 Å². The average molecular weight is 567 g/mol. The summed E-state index contributed by atoms with van der Waals surface area (Å²) in [6.45, 7) is 2.67. The van der Waals surface area contributed by atoms with E-state index in [9.17, 15) is 13.9 Å². The third-order valence-electron chi connectivity index (χ3n) is 7.65. The molecule has 3 heterocycles. The molecule has 1 unspecified atom stereocenters. The Morgan fingerprint density at radius 1 is 1.15 bits per heavy atom. The fourth-order valence-corrected chi connectivity index (χ4v) is 5.35. The third-order valence-corrected chi connectivity index (χ3v) is 7.65. The van der Waals surface area contributed by atoms with E-state index in [1.165, 1.54) is 18.6 Å². The van der Waals surface area contributed by atoms with Gasteiger partial charge >= 0.3 is 6.61 Å². The van der Waals surface area contributed by atoms with Gasteiger partial charge in [-0.05, 0) is 57.3 Å². The Morgan fingerprint density at radius 2 is 1.95 bits per heavy atom. The minimum absolute atomic E-state index is 0.0361. The molecule has 2 aliphatic rings. The lowest BCUT2D eigenvalue weighted by atomic mass is 9.67. The van der Waals surface area contributed by atoms with Crippen LogP contribution in [0, 0.1) is 0 Å². The molecule has 1 aromatic carbocycles. The zero-order valence-corrected chi connectivity index (χ0v) is 23.5. The molecule has 1 aliphatic carbocycles. The van der Waals surface area contributed by atoms with Crippen molar-refractivity contribution in [2.24, 2.45) is 0 Å². The summed E-state index contributed by atoms with van der Waals surface area (Å²) in [7, 11) is 5.74. The van der Waals surface area contributed by atoms with E-state index in [2.05, 4.69) is 27.1 Å². The van der Waals surface area contributed by atoms with Gasteiger partial charge in [0.1, 0.15) is 12.0 Å². The van der Waals surface area contributed by atoms with Gasteiger partial charge in [-0.15, -0.1) is 0 Å². The van der Waals surface area contributed by atoms with Crippen LogP contribution in [-0.2, 0) is 5.41 Å². The fraction of sp³-hybridized carbons (Fsp3) is 0.414. The maximum Gasteiger partial charge on any atom is 0.387 e. The first kappa shape index (κ1) is 28.5. The van der Waals surface area contributed by atoms with E-state index in [0.29, 0.717) is 23.7 Å². The number of nitrogens with zero attached hydrogens (tertiary/aromatic N) is 6. The fourth-order valence-electron chi connectivity index (χ4n) is 5.35. The number of hydrogen-bond donors (Lipinski definition) is 3. The predicted octanol–water partition coefficient (Wildman–Crippen LogP) is 4.70. The first-order chi connectivity index (χ1) is 19.7. The second-order valence-electron chi connectivity index (χ2n) is 10.7. The van der Waals surface area contributed by atoms with Gasteiger partial charge in [0.15, 0.2) is 5.75 Å². The standard InChI is InChI=1S/C29H36F2N8O2/c1-5-25(40)34-19-16-20(23(41-27(30)31)17-22(19)38(4)15-14-37(2)3)35-28-33-13-9-24(36-28)39-18-29(10-7-11-29)26-21(39)8-6-12-32-26/h5-6,8-9,12-13,16-17,25,27,34,40H,1,7,10-11,14-15,18H2,2-4H3,(H,33,35,36). The van der Waals surface area contributed by atoms with Gasteiger partial charge in [-0.1, -0.05) is 13.0 Å². The highest BCUT2D eigenvalue weighted by molar-refractivity contribution is 5.81. The van der Waals surface area contributed by atoms with Crippen molar-refractivity contribution in [2.45, 2.75) is 37.5 Å². The molecule has 1 saturated carbocycles. The van der Waals surface area contributed by atoms with E-state index in [-0.39, 0.29) is 22.8 Å². The Hall–Kier alpha value is -4.03. The number of alkyl halides is 2. The summed E-state index contributed by atoms with van der Waals surface area (Å²) in [6.07, 6.45) is 7.07. The Balaban J connectivity index is 1.48. The molecule has 12 heteroatoms. The van der Waals surface area contributed by atoms with E-state index < -0.39 is 12.8 Å². The SMILES string of the molecule is C=CC(O)Nc1cc(Nc2nccc(N3CC4(CCC4)c4ncccc43)n2)c(OC(F)F)cc1N(C)CCN(C)C. The van der Waals surface area contributed by atoms with Gasteiger partial charge < -0.3 is 35.2 Å². The highest BCUT2D eigenvalue weighted by atomic mass is 19.3. The smallest absolute Gasteiger partial charge is 0.387 e. The maximum absolute atomic E-state index is 13.5. The monoisotopic (exact) mass is 566 g/mol. The molecule has 0 radical (unpaired) electrons. The summed E-state index contributed by atoms with van der Waals surface area (Å²) in [6, 6.07) is 8.90. The molecule has 0 bridgehead atoms. The van der Waals surface area contributed by atoms with E-state index in [0.717, 1.165) is 37.3 Å². The van der Waals surface area contributed by atoms with Gasteiger partial charge in [-0.3, -0.25) is 4.98 Å². The van der Waals surface area contributed by atoms with Gasteiger partial charge in [0.05, 0.1) is 28.4 Å². The number of benzene rings is 1. The minimum atomic E-state index is -3.05. The number of aliphatic hydroxyl groups is 1. The molecule has 1 aliphatic heterocycles. The highest BCUT2D eigenvalue weighted by Crippen LogP contribution is 2.53. The van der Waals surface area contributed by atoms with Crippen molar-refractivity contribution in [3.8, 4) is 5.75 Å². The van der Waals surface area contributed by atoms with Crippen LogP contribution in [0.3, 0.4) is 0 Å². The average Bonchev–Trinajstić information content (AvgIpc) is 3.29. The van der Waals surface area contributed by atoms with Crippen LogP contribution < -0.4 is 25.2 Å². The number of aliphatic hydroxyl groups excluding tert-OH is 1. The topological polar surface area (TPSA) is 102 Å². The number of anilines is 6. The summed E-state index contributed by atoms with van der Waals surface area (Å²) in [4.78, 5) is 19.8. The number of likely N-dealkylation sites (N-methyl/N-ethyl adjacent to an activating group) is 2. The maximum atomic E-state index is 13.5. The number of hydrogen-bond acceptors (Lipinski definition) is 10.